The van der Waals surface area contributed by atoms with Crippen molar-refractivity contribution in [2.75, 3.05) is 12.4 Å². The Morgan fingerprint density at radius 1 is 1.17 bits per heavy atom. The van der Waals surface area contributed by atoms with E-state index in [9.17, 15) is 4.79 Å². The maximum absolute atomic E-state index is 12.2. The molecule has 3 aromatic rings. The summed E-state index contributed by atoms with van der Waals surface area (Å²) in [6, 6.07) is 17.1. The average Bonchev–Trinajstić information content (AvgIpc) is 3.02. The molecule has 1 aromatic heterocycles. The van der Waals surface area contributed by atoms with Crippen LogP contribution in [0.1, 0.15) is 11.3 Å². The Morgan fingerprint density at radius 3 is 2.62 bits per heavy atom. The quantitative estimate of drug-likeness (QED) is 0.755. The first-order valence-electron chi connectivity index (χ1n) is 7.69. The molecule has 5 heteroatoms. The van der Waals surface area contributed by atoms with Crippen molar-refractivity contribution in [2.24, 2.45) is 0 Å². The molecule has 122 valence electrons. The van der Waals surface area contributed by atoms with Gasteiger partial charge in [-0.25, -0.2) is 0 Å². The molecule has 0 spiro atoms. The van der Waals surface area contributed by atoms with Crippen molar-refractivity contribution in [3.05, 3.63) is 65.9 Å². The Balaban J connectivity index is 1.64. The molecule has 0 saturated carbocycles. The van der Waals surface area contributed by atoms with Gasteiger partial charge in [-0.15, -0.1) is 0 Å². The molecule has 0 aliphatic carbocycles. The third kappa shape index (κ3) is 3.81. The maximum atomic E-state index is 12.2. The third-order valence-electron chi connectivity index (χ3n) is 3.67. The van der Waals surface area contributed by atoms with E-state index >= 15 is 0 Å². The molecule has 0 aliphatic rings. The topological polar surface area (TPSA) is 67.0 Å². The number of hydrogen-bond acceptors (Lipinski definition) is 3. The minimum atomic E-state index is -0.0633. The molecular weight excluding hydrogens is 302 g/mol. The lowest BCUT2D eigenvalue weighted by atomic mass is 10.1. The van der Waals surface area contributed by atoms with Crippen molar-refractivity contribution >= 4 is 11.6 Å². The Kier molecular flexibility index (Phi) is 4.61. The van der Waals surface area contributed by atoms with Crippen molar-refractivity contribution in [3.8, 4) is 17.0 Å². The second-order valence-electron chi connectivity index (χ2n) is 5.59. The van der Waals surface area contributed by atoms with E-state index in [4.69, 9.17) is 4.74 Å². The van der Waals surface area contributed by atoms with Crippen molar-refractivity contribution in [3.63, 3.8) is 0 Å². The molecule has 0 bridgehead atoms. The van der Waals surface area contributed by atoms with Gasteiger partial charge in [-0.2, -0.15) is 5.10 Å². The molecule has 0 radical (unpaired) electrons. The van der Waals surface area contributed by atoms with Crippen LogP contribution in [0.3, 0.4) is 0 Å². The van der Waals surface area contributed by atoms with Gasteiger partial charge in [0.15, 0.2) is 0 Å². The van der Waals surface area contributed by atoms with Crippen LogP contribution in [0.15, 0.2) is 54.6 Å². The molecule has 1 heterocycles. The van der Waals surface area contributed by atoms with Gasteiger partial charge in [0, 0.05) is 16.9 Å². The van der Waals surface area contributed by atoms with Gasteiger partial charge < -0.3 is 10.1 Å². The number of aryl methyl sites for hydroxylation is 1. The van der Waals surface area contributed by atoms with Gasteiger partial charge in [-0.1, -0.05) is 24.3 Å². The van der Waals surface area contributed by atoms with Gasteiger partial charge in [-0.05, 0) is 42.8 Å². The smallest absolute Gasteiger partial charge is 0.228 e. The number of carbonyl (C=O) groups is 1. The number of anilines is 1. The molecule has 0 unspecified atom stereocenters. The van der Waals surface area contributed by atoms with Crippen LogP contribution < -0.4 is 10.1 Å². The highest BCUT2D eigenvalue weighted by Gasteiger charge is 2.06. The summed E-state index contributed by atoms with van der Waals surface area (Å²) >= 11 is 0. The molecule has 3 rings (SSSR count). The number of hydrogen-bond donors (Lipinski definition) is 2. The number of nitrogens with zero attached hydrogens (tertiary/aromatic N) is 1. The summed E-state index contributed by atoms with van der Waals surface area (Å²) in [6.07, 6.45) is 0.303. The number of carbonyl (C=O) groups excluding carboxylic acids is 1. The van der Waals surface area contributed by atoms with E-state index in [1.54, 1.807) is 7.11 Å². The summed E-state index contributed by atoms with van der Waals surface area (Å²) in [5.74, 6) is 0.686. The highest BCUT2D eigenvalue weighted by atomic mass is 16.5. The number of aromatic amines is 1. The Hall–Kier alpha value is -3.08. The van der Waals surface area contributed by atoms with E-state index in [2.05, 4.69) is 15.5 Å². The van der Waals surface area contributed by atoms with E-state index < -0.39 is 0 Å². The number of H-pyrrole nitrogens is 1. The van der Waals surface area contributed by atoms with Crippen LogP contribution in [0.4, 0.5) is 5.69 Å². The van der Waals surface area contributed by atoms with Crippen molar-refractivity contribution < 1.29 is 9.53 Å². The minimum absolute atomic E-state index is 0.0633. The monoisotopic (exact) mass is 321 g/mol. The largest absolute Gasteiger partial charge is 0.497 e. The zero-order chi connectivity index (χ0) is 16.9. The van der Waals surface area contributed by atoms with Crippen LogP contribution in [0.5, 0.6) is 5.75 Å². The summed E-state index contributed by atoms with van der Waals surface area (Å²) < 4.78 is 5.17. The SMILES string of the molecule is COc1cccc(CC(=O)Nc2ccc(-c3cc(C)[nH]n3)cc2)c1. The van der Waals surface area contributed by atoms with Crippen molar-refractivity contribution in [2.45, 2.75) is 13.3 Å². The van der Waals surface area contributed by atoms with Crippen LogP contribution in [0, 0.1) is 6.92 Å². The van der Waals surface area contributed by atoms with Crippen LogP contribution >= 0.6 is 0 Å². The van der Waals surface area contributed by atoms with Crippen molar-refractivity contribution in [1.82, 2.24) is 10.2 Å². The molecule has 0 fully saturated rings. The van der Waals surface area contributed by atoms with Gasteiger partial charge in [0.2, 0.25) is 5.91 Å². The van der Waals surface area contributed by atoms with E-state index in [1.807, 2.05) is 61.5 Å². The number of nitrogens with one attached hydrogen (secondary N) is 2. The number of aromatic nitrogens is 2. The van der Waals surface area contributed by atoms with Crippen LogP contribution in [-0.2, 0) is 11.2 Å². The molecule has 5 nitrogen and oxygen atoms in total. The Bertz CT molecular complexity index is 838. The third-order valence-corrected chi connectivity index (χ3v) is 3.67. The minimum Gasteiger partial charge on any atom is -0.497 e. The van der Waals surface area contributed by atoms with E-state index in [0.717, 1.165) is 34.0 Å². The molecule has 2 aromatic carbocycles. The molecule has 1 amide bonds. The first-order chi connectivity index (χ1) is 11.6. The first kappa shape index (κ1) is 15.8. The standard InChI is InChI=1S/C19H19N3O2/c1-13-10-18(22-21-13)15-6-8-16(9-7-15)20-19(23)12-14-4-3-5-17(11-14)24-2/h3-11H,12H2,1-2H3,(H,20,23)(H,21,22). The number of methoxy groups -OCH3 is 1. The number of amides is 1. The van der Waals surface area contributed by atoms with Crippen molar-refractivity contribution in [1.29, 1.82) is 0 Å². The highest BCUT2D eigenvalue weighted by Crippen LogP contribution is 2.20. The summed E-state index contributed by atoms with van der Waals surface area (Å²) in [5.41, 5.74) is 4.59. The fourth-order valence-corrected chi connectivity index (χ4v) is 2.46. The Morgan fingerprint density at radius 2 is 1.96 bits per heavy atom. The predicted molar refractivity (Wildman–Crippen MR) is 94.1 cm³/mol. The van der Waals surface area contributed by atoms with Gasteiger partial charge in [0.25, 0.3) is 0 Å². The molecule has 0 atom stereocenters. The lowest BCUT2D eigenvalue weighted by Crippen LogP contribution is -2.14. The Labute approximate surface area is 140 Å². The fourth-order valence-electron chi connectivity index (χ4n) is 2.46. The van der Waals surface area contributed by atoms with Crippen LogP contribution in [0.2, 0.25) is 0 Å². The number of benzene rings is 2. The lowest BCUT2D eigenvalue weighted by molar-refractivity contribution is -0.115. The summed E-state index contributed by atoms with van der Waals surface area (Å²) in [6.45, 7) is 1.96. The predicted octanol–water partition coefficient (Wildman–Crippen LogP) is 3.57. The normalized spacial score (nSPS) is 10.4. The van der Waals surface area contributed by atoms with Gasteiger partial charge >= 0.3 is 0 Å². The van der Waals surface area contributed by atoms with Crippen LogP contribution in [-0.4, -0.2) is 23.2 Å². The molecule has 24 heavy (non-hydrogen) atoms. The second-order valence-corrected chi connectivity index (χ2v) is 5.59. The number of rotatable bonds is 5. The molecule has 0 aliphatic heterocycles. The zero-order valence-electron chi connectivity index (χ0n) is 13.7. The fraction of sp³-hybridized carbons (Fsp3) is 0.158. The van der Waals surface area contributed by atoms with Crippen LogP contribution in [0.25, 0.3) is 11.3 Å². The molecular formula is C19H19N3O2. The number of ether oxygens (including phenoxy) is 1. The molecule has 0 saturated heterocycles. The zero-order valence-corrected chi connectivity index (χ0v) is 13.7. The summed E-state index contributed by atoms with van der Waals surface area (Å²) in [5, 5.41) is 10.0. The van der Waals surface area contributed by atoms with E-state index in [-0.39, 0.29) is 5.91 Å². The second kappa shape index (κ2) is 7.00. The first-order valence-corrected chi connectivity index (χ1v) is 7.69. The summed E-state index contributed by atoms with van der Waals surface area (Å²) in [7, 11) is 1.61. The van der Waals surface area contributed by atoms with E-state index in [1.165, 1.54) is 0 Å². The molecule has 2 N–H and O–H groups in total. The van der Waals surface area contributed by atoms with E-state index in [0.29, 0.717) is 6.42 Å². The average molecular weight is 321 g/mol. The lowest BCUT2D eigenvalue weighted by Gasteiger charge is -2.07. The van der Waals surface area contributed by atoms with Gasteiger partial charge in [-0.3, -0.25) is 9.89 Å². The maximum Gasteiger partial charge on any atom is 0.228 e. The highest BCUT2D eigenvalue weighted by molar-refractivity contribution is 5.92. The summed E-state index contributed by atoms with van der Waals surface area (Å²) in [4.78, 5) is 12.2. The van der Waals surface area contributed by atoms with Gasteiger partial charge in [0.1, 0.15) is 5.75 Å². The van der Waals surface area contributed by atoms with Gasteiger partial charge in [0.05, 0.1) is 19.2 Å².